The Balaban J connectivity index is 1.23. The Morgan fingerprint density at radius 3 is 2.56 bits per heavy atom. The van der Waals surface area contributed by atoms with Gasteiger partial charge >= 0.3 is 0 Å². The van der Waals surface area contributed by atoms with Crippen molar-refractivity contribution in [3.63, 3.8) is 0 Å². The number of carbonyl (C=O) groups excluding carboxylic acids is 2. The first kappa shape index (κ1) is 22.7. The Morgan fingerprint density at radius 1 is 0.971 bits per heavy atom. The highest BCUT2D eigenvalue weighted by Gasteiger charge is 2.41. The highest BCUT2D eigenvalue weighted by Crippen LogP contribution is 2.34. The Bertz CT molecular complexity index is 1150. The van der Waals surface area contributed by atoms with Crippen molar-refractivity contribution in [2.45, 2.75) is 38.7 Å². The summed E-state index contributed by atoms with van der Waals surface area (Å²) < 4.78 is 11.7. The lowest BCUT2D eigenvalue weighted by Crippen LogP contribution is -2.51. The topological polar surface area (TPSA) is 63.0 Å². The van der Waals surface area contributed by atoms with Gasteiger partial charge in [-0.3, -0.25) is 9.59 Å². The molecule has 0 N–H and O–H groups in total. The van der Waals surface area contributed by atoms with Crippen LogP contribution < -0.4 is 0 Å². The zero-order valence-corrected chi connectivity index (χ0v) is 19.7. The van der Waals surface area contributed by atoms with E-state index in [0.29, 0.717) is 51.2 Å². The molecule has 2 amide bonds. The van der Waals surface area contributed by atoms with E-state index in [2.05, 4.69) is 13.0 Å². The fourth-order valence-electron chi connectivity index (χ4n) is 5.25. The van der Waals surface area contributed by atoms with E-state index in [1.165, 1.54) is 5.56 Å². The number of furan rings is 1. The first-order valence-corrected chi connectivity index (χ1v) is 12.2. The van der Waals surface area contributed by atoms with Crippen molar-refractivity contribution in [3.8, 4) is 0 Å². The lowest BCUT2D eigenvalue weighted by Gasteiger charge is -2.41. The predicted octanol–water partition coefficient (Wildman–Crippen LogP) is 4.54. The van der Waals surface area contributed by atoms with Crippen molar-refractivity contribution in [2.75, 3.05) is 32.8 Å². The van der Waals surface area contributed by atoms with Crippen LogP contribution in [0.5, 0.6) is 0 Å². The van der Waals surface area contributed by atoms with Crippen molar-refractivity contribution in [1.29, 1.82) is 0 Å². The maximum absolute atomic E-state index is 13.7. The molecule has 3 aromatic rings. The van der Waals surface area contributed by atoms with Crippen molar-refractivity contribution >= 4 is 22.8 Å². The number of carbonyl (C=O) groups is 2. The molecule has 1 aromatic heterocycles. The van der Waals surface area contributed by atoms with Gasteiger partial charge < -0.3 is 19.0 Å². The zero-order valence-electron chi connectivity index (χ0n) is 19.7. The molecule has 0 bridgehead atoms. The van der Waals surface area contributed by atoms with Crippen LogP contribution in [0, 0.1) is 5.41 Å². The van der Waals surface area contributed by atoms with Gasteiger partial charge in [0.15, 0.2) is 0 Å². The number of amides is 2. The molecule has 0 saturated carbocycles. The van der Waals surface area contributed by atoms with E-state index >= 15 is 0 Å². The average Bonchev–Trinajstić information content (AvgIpc) is 3.24. The molecule has 178 valence electrons. The summed E-state index contributed by atoms with van der Waals surface area (Å²) in [5.41, 5.74) is 2.32. The molecule has 2 saturated heterocycles. The van der Waals surface area contributed by atoms with Crippen molar-refractivity contribution in [3.05, 3.63) is 72.0 Å². The van der Waals surface area contributed by atoms with E-state index in [1.807, 2.05) is 58.3 Å². The summed E-state index contributed by atoms with van der Waals surface area (Å²) in [6.45, 7) is 5.24. The van der Waals surface area contributed by atoms with Crippen LogP contribution in [0.25, 0.3) is 11.0 Å². The van der Waals surface area contributed by atoms with Crippen LogP contribution in [-0.2, 0) is 16.0 Å². The lowest BCUT2D eigenvalue weighted by atomic mass is 9.78. The number of hydrogen-bond acceptors (Lipinski definition) is 4. The highest BCUT2D eigenvalue weighted by molar-refractivity contribution is 5.94. The smallest absolute Gasteiger partial charge is 0.253 e. The first-order chi connectivity index (χ1) is 16.5. The van der Waals surface area contributed by atoms with Crippen LogP contribution in [0.1, 0.15) is 42.1 Å². The molecule has 0 aliphatic carbocycles. The van der Waals surface area contributed by atoms with Gasteiger partial charge in [-0.15, -0.1) is 0 Å². The molecule has 2 aromatic carbocycles. The van der Waals surface area contributed by atoms with E-state index in [1.54, 1.807) is 6.26 Å². The van der Waals surface area contributed by atoms with Crippen LogP contribution in [0.3, 0.4) is 0 Å². The maximum Gasteiger partial charge on any atom is 0.253 e. The van der Waals surface area contributed by atoms with Gasteiger partial charge in [0, 0.05) is 55.6 Å². The van der Waals surface area contributed by atoms with Gasteiger partial charge in [0.1, 0.15) is 5.58 Å². The molecule has 6 heteroatoms. The zero-order chi connectivity index (χ0) is 23.5. The van der Waals surface area contributed by atoms with E-state index in [0.717, 1.165) is 23.8 Å². The minimum Gasteiger partial charge on any atom is -0.464 e. The van der Waals surface area contributed by atoms with Gasteiger partial charge in [-0.05, 0) is 49.1 Å². The maximum atomic E-state index is 13.7. The van der Waals surface area contributed by atoms with Gasteiger partial charge in [-0.2, -0.15) is 0 Å². The third-order valence-corrected chi connectivity index (χ3v) is 7.36. The van der Waals surface area contributed by atoms with Crippen LogP contribution >= 0.6 is 0 Å². The fourth-order valence-corrected chi connectivity index (χ4v) is 5.25. The number of benzene rings is 2. The van der Waals surface area contributed by atoms with Crippen molar-refractivity contribution in [1.82, 2.24) is 9.80 Å². The molecular weight excluding hydrogens is 428 g/mol. The van der Waals surface area contributed by atoms with E-state index < -0.39 is 5.41 Å². The Morgan fingerprint density at radius 2 is 1.76 bits per heavy atom. The number of piperidine rings is 1. The predicted molar refractivity (Wildman–Crippen MR) is 131 cm³/mol. The van der Waals surface area contributed by atoms with Crippen LogP contribution in [0.15, 0.2) is 65.3 Å². The molecule has 1 atom stereocenters. The molecule has 1 unspecified atom stereocenters. The molecule has 34 heavy (non-hydrogen) atoms. The fraction of sp³-hybridized carbons (Fsp3) is 0.429. The second-order valence-electron chi connectivity index (χ2n) is 9.77. The Hall–Kier alpha value is -3.12. The first-order valence-electron chi connectivity index (χ1n) is 12.2. The number of hydrogen-bond donors (Lipinski definition) is 0. The monoisotopic (exact) mass is 460 g/mol. The Labute approximate surface area is 200 Å². The van der Waals surface area contributed by atoms with Gasteiger partial charge in [0.25, 0.3) is 5.91 Å². The number of ether oxygens (including phenoxy) is 1. The molecule has 3 heterocycles. The highest BCUT2D eigenvalue weighted by atomic mass is 16.5. The summed E-state index contributed by atoms with van der Waals surface area (Å²) in [5, 5.41) is 1.11. The van der Waals surface area contributed by atoms with Crippen molar-refractivity contribution in [2.24, 2.45) is 5.41 Å². The minimum atomic E-state index is -0.451. The van der Waals surface area contributed by atoms with Gasteiger partial charge in [0.2, 0.25) is 5.91 Å². The lowest BCUT2D eigenvalue weighted by molar-refractivity contribution is -0.144. The van der Waals surface area contributed by atoms with Gasteiger partial charge in [-0.25, -0.2) is 0 Å². The third-order valence-electron chi connectivity index (χ3n) is 7.36. The molecule has 2 aliphatic heterocycles. The Kier molecular flexibility index (Phi) is 6.42. The quantitative estimate of drug-likeness (QED) is 0.574. The summed E-state index contributed by atoms with van der Waals surface area (Å²) >= 11 is 0. The van der Waals surface area contributed by atoms with E-state index in [4.69, 9.17) is 9.15 Å². The average molecular weight is 461 g/mol. The molecule has 0 radical (unpaired) electrons. The van der Waals surface area contributed by atoms with Crippen LogP contribution in [0.2, 0.25) is 0 Å². The molecule has 0 spiro atoms. The summed E-state index contributed by atoms with van der Waals surface area (Å²) in [7, 11) is 0. The normalized spacial score (nSPS) is 20.8. The molecule has 2 aliphatic rings. The number of likely N-dealkylation sites (tertiary alicyclic amines) is 1. The van der Waals surface area contributed by atoms with Crippen molar-refractivity contribution < 1.29 is 18.7 Å². The second-order valence-corrected chi connectivity index (χ2v) is 9.77. The summed E-state index contributed by atoms with van der Waals surface area (Å²) in [6, 6.07) is 17.5. The second kappa shape index (κ2) is 9.63. The van der Waals surface area contributed by atoms with Crippen LogP contribution in [-0.4, -0.2) is 60.5 Å². The largest absolute Gasteiger partial charge is 0.464 e. The molecule has 2 fully saturated rings. The van der Waals surface area contributed by atoms with Gasteiger partial charge in [-0.1, -0.05) is 37.3 Å². The summed E-state index contributed by atoms with van der Waals surface area (Å²) in [5.74, 6) is 0.239. The van der Waals surface area contributed by atoms with Gasteiger partial charge in [0.05, 0.1) is 12.4 Å². The van der Waals surface area contributed by atoms with E-state index in [9.17, 15) is 9.59 Å². The number of rotatable bonds is 4. The summed E-state index contributed by atoms with van der Waals surface area (Å²) in [6.07, 6.45) is 4.62. The van der Waals surface area contributed by atoms with E-state index in [-0.39, 0.29) is 17.9 Å². The molecular formula is C28H32N2O4. The number of fused-ring (bicyclic) bond motifs is 1. The van der Waals surface area contributed by atoms with Crippen LogP contribution in [0.4, 0.5) is 0 Å². The molecule has 5 rings (SSSR count). The molecule has 6 nitrogen and oxygen atoms in total. The standard InChI is InChI=1S/C28H32N2O4/c1-28(12-15-29(16-13-28)26(31)21-7-3-2-4-8-21)27(32)30-14-6-17-33-23(20-30)19-22-9-5-10-25-24(22)11-18-34-25/h2-5,7-11,18,23H,6,12-17,19-20H2,1H3. The number of nitrogens with zero attached hydrogens (tertiary/aromatic N) is 2. The third kappa shape index (κ3) is 4.60. The summed E-state index contributed by atoms with van der Waals surface area (Å²) in [4.78, 5) is 30.4. The minimum absolute atomic E-state index is 0.0460. The SMILES string of the molecule is CC1(C(=O)N2CCCOC(Cc3cccc4occc34)C2)CCN(C(=O)c2ccccc2)CC1.